The number of hydrogen-bond donors (Lipinski definition) is 0. The van der Waals surface area contributed by atoms with Gasteiger partial charge >= 0.3 is 5.97 Å². The molecule has 1 aromatic heterocycles. The highest BCUT2D eigenvalue weighted by Crippen LogP contribution is 2.47. The molecule has 2 bridgehead atoms. The van der Waals surface area contributed by atoms with Crippen molar-refractivity contribution in [2.75, 3.05) is 18.6 Å². The van der Waals surface area contributed by atoms with E-state index in [0.717, 1.165) is 49.2 Å². The molecule has 0 N–H and O–H groups in total. The maximum absolute atomic E-state index is 11.7. The highest BCUT2D eigenvalue weighted by atomic mass is 35.5. The molecule has 6 nitrogen and oxygen atoms in total. The van der Waals surface area contributed by atoms with Gasteiger partial charge in [-0.25, -0.2) is 4.79 Å². The van der Waals surface area contributed by atoms with Crippen LogP contribution in [0.15, 0.2) is 47.0 Å². The van der Waals surface area contributed by atoms with Crippen molar-refractivity contribution in [1.82, 2.24) is 5.16 Å². The second kappa shape index (κ2) is 9.16. The van der Waals surface area contributed by atoms with Gasteiger partial charge in [0.25, 0.3) is 0 Å². The highest BCUT2D eigenvalue weighted by Gasteiger charge is 2.45. The normalized spacial score (nSPS) is 23.2. The van der Waals surface area contributed by atoms with Crippen LogP contribution >= 0.6 is 23.2 Å². The van der Waals surface area contributed by atoms with Crippen molar-refractivity contribution in [3.05, 3.63) is 69.4 Å². The summed E-state index contributed by atoms with van der Waals surface area (Å²) in [6.07, 6.45) is 4.47. The number of carbonyl (C=O) groups excluding carboxylic acids is 1. The van der Waals surface area contributed by atoms with Crippen molar-refractivity contribution >= 4 is 34.9 Å². The summed E-state index contributed by atoms with van der Waals surface area (Å²) in [6, 6.07) is 13.6. The molecule has 8 heteroatoms. The van der Waals surface area contributed by atoms with E-state index in [-0.39, 0.29) is 12.1 Å². The minimum atomic E-state index is -0.315. The Labute approximate surface area is 214 Å². The smallest absolute Gasteiger partial charge is 0.337 e. The number of esters is 1. The van der Waals surface area contributed by atoms with E-state index >= 15 is 0 Å². The quantitative estimate of drug-likeness (QED) is 0.336. The van der Waals surface area contributed by atoms with Gasteiger partial charge in [-0.15, -0.1) is 0 Å². The molecule has 0 unspecified atom stereocenters. The van der Waals surface area contributed by atoms with Crippen LogP contribution in [0.4, 0.5) is 5.69 Å². The molecule has 1 saturated heterocycles. The van der Waals surface area contributed by atoms with Gasteiger partial charge < -0.3 is 18.9 Å². The Morgan fingerprint density at radius 1 is 1.11 bits per heavy atom. The van der Waals surface area contributed by atoms with E-state index in [4.69, 9.17) is 37.2 Å². The summed E-state index contributed by atoms with van der Waals surface area (Å²) in [5.74, 6) is 1.45. The van der Waals surface area contributed by atoms with Crippen molar-refractivity contribution < 1.29 is 18.8 Å². The third-order valence-corrected chi connectivity index (χ3v) is 8.13. The minimum Gasteiger partial charge on any atom is -0.465 e. The minimum absolute atomic E-state index is 0.183. The number of anilines is 1. The van der Waals surface area contributed by atoms with Gasteiger partial charge in [0, 0.05) is 41.2 Å². The predicted molar refractivity (Wildman–Crippen MR) is 134 cm³/mol. The maximum atomic E-state index is 11.7. The van der Waals surface area contributed by atoms with Crippen LogP contribution in [0.1, 0.15) is 53.3 Å². The molecule has 1 aliphatic heterocycles. The van der Waals surface area contributed by atoms with Crippen LogP contribution in [0.25, 0.3) is 11.3 Å². The van der Waals surface area contributed by atoms with E-state index in [0.29, 0.717) is 51.4 Å². The van der Waals surface area contributed by atoms with E-state index in [2.05, 4.69) is 10.1 Å². The standard InChI is InChI=1S/C27H26Cl2N2O4/c1-33-27(32)16-7-9-18(10-8-16)31-13-17-11-19(31)12-23(17)34-14-20-25(30-35-26(20)15-5-6-15)24-21(28)3-2-4-22(24)29/h2-4,7-10,15,17,19,23H,5-6,11-14H2,1H3/t17-,19-,23+/m0/s1. The topological polar surface area (TPSA) is 64.8 Å². The summed E-state index contributed by atoms with van der Waals surface area (Å²) < 4.78 is 17.1. The number of rotatable bonds is 7. The van der Waals surface area contributed by atoms with Crippen molar-refractivity contribution in [2.24, 2.45) is 5.92 Å². The van der Waals surface area contributed by atoms with Crippen molar-refractivity contribution in [3.8, 4) is 11.3 Å². The summed E-state index contributed by atoms with van der Waals surface area (Å²) in [6.45, 7) is 1.38. The molecule has 2 saturated carbocycles. The Bertz CT molecular complexity index is 1230. The molecule has 6 rings (SSSR count). The lowest BCUT2D eigenvalue weighted by molar-refractivity contribution is 0.0122. The number of aromatic nitrogens is 1. The number of hydrogen-bond acceptors (Lipinski definition) is 6. The van der Waals surface area contributed by atoms with Gasteiger partial charge in [0.05, 0.1) is 35.4 Å². The molecule has 2 aliphatic carbocycles. The molecule has 3 aromatic rings. The molecule has 2 aromatic carbocycles. The Morgan fingerprint density at radius 2 is 1.86 bits per heavy atom. The number of ether oxygens (including phenoxy) is 2. The number of methoxy groups -OCH3 is 1. The number of nitrogens with zero attached hydrogens (tertiary/aromatic N) is 2. The van der Waals surface area contributed by atoms with Crippen molar-refractivity contribution in [3.63, 3.8) is 0 Å². The van der Waals surface area contributed by atoms with E-state index in [9.17, 15) is 4.79 Å². The Morgan fingerprint density at radius 3 is 2.49 bits per heavy atom. The fraction of sp³-hybridized carbons (Fsp3) is 0.407. The predicted octanol–water partition coefficient (Wildman–Crippen LogP) is 6.50. The summed E-state index contributed by atoms with van der Waals surface area (Å²) >= 11 is 13.0. The lowest BCUT2D eigenvalue weighted by Crippen LogP contribution is -2.38. The zero-order valence-electron chi connectivity index (χ0n) is 19.4. The molecule has 0 spiro atoms. The van der Waals surface area contributed by atoms with Gasteiger partial charge in [-0.2, -0.15) is 0 Å². The molecule has 182 valence electrons. The second-order valence-electron chi connectivity index (χ2n) is 9.67. The third kappa shape index (κ3) is 4.22. The number of benzene rings is 2. The Balaban J connectivity index is 1.16. The van der Waals surface area contributed by atoms with Crippen LogP contribution in [0, 0.1) is 5.92 Å². The Hall–Kier alpha value is -2.54. The van der Waals surface area contributed by atoms with Crippen LogP contribution in [0.2, 0.25) is 10.0 Å². The molecule has 3 fully saturated rings. The van der Waals surface area contributed by atoms with Crippen LogP contribution < -0.4 is 4.90 Å². The van der Waals surface area contributed by atoms with E-state index in [1.807, 2.05) is 42.5 Å². The van der Waals surface area contributed by atoms with E-state index in [1.165, 1.54) is 7.11 Å². The molecule has 0 radical (unpaired) electrons. The lowest BCUT2D eigenvalue weighted by Gasteiger charge is -2.33. The van der Waals surface area contributed by atoms with Crippen LogP contribution in [0.3, 0.4) is 0 Å². The van der Waals surface area contributed by atoms with Crippen molar-refractivity contribution in [2.45, 2.75) is 50.4 Å². The van der Waals surface area contributed by atoms with E-state index < -0.39 is 0 Å². The zero-order chi connectivity index (χ0) is 24.1. The summed E-state index contributed by atoms with van der Waals surface area (Å²) in [5, 5.41) is 5.49. The molecule has 3 aliphatic rings. The lowest BCUT2D eigenvalue weighted by atomic mass is 10.0. The van der Waals surface area contributed by atoms with Gasteiger partial charge in [0.15, 0.2) is 0 Å². The fourth-order valence-electron chi connectivity index (χ4n) is 5.57. The van der Waals surface area contributed by atoms with Crippen LogP contribution in [-0.2, 0) is 16.1 Å². The first kappa shape index (κ1) is 22.9. The van der Waals surface area contributed by atoms with Gasteiger partial charge in [-0.1, -0.05) is 34.4 Å². The summed E-state index contributed by atoms with van der Waals surface area (Å²) in [7, 11) is 1.40. The first-order valence-corrected chi connectivity index (χ1v) is 12.8. The number of fused-ring (bicyclic) bond motifs is 2. The fourth-order valence-corrected chi connectivity index (χ4v) is 6.15. The molecule has 2 heterocycles. The molecular weight excluding hydrogens is 487 g/mol. The molecule has 35 heavy (non-hydrogen) atoms. The van der Waals surface area contributed by atoms with Crippen molar-refractivity contribution in [1.29, 1.82) is 0 Å². The van der Waals surface area contributed by atoms with Gasteiger partial charge in [-0.3, -0.25) is 0 Å². The zero-order valence-corrected chi connectivity index (χ0v) is 20.9. The summed E-state index contributed by atoms with van der Waals surface area (Å²) in [5.41, 5.74) is 4.07. The molecule has 3 atom stereocenters. The molecular formula is C27H26Cl2N2O4. The van der Waals surface area contributed by atoms with Crippen LogP contribution in [0.5, 0.6) is 0 Å². The third-order valence-electron chi connectivity index (χ3n) is 7.51. The first-order chi connectivity index (χ1) is 17.0. The maximum Gasteiger partial charge on any atom is 0.337 e. The highest BCUT2D eigenvalue weighted by molar-refractivity contribution is 6.39. The van der Waals surface area contributed by atoms with Gasteiger partial charge in [-0.05, 0) is 62.1 Å². The SMILES string of the molecule is COC(=O)c1ccc(N2C[C@@H]3C[C@H]2C[C@H]3OCc2c(-c3c(Cl)cccc3Cl)noc2C2CC2)cc1. The number of piperidine rings is 1. The first-order valence-electron chi connectivity index (χ1n) is 12.0. The number of halogens is 2. The molecule has 0 amide bonds. The second-order valence-corrected chi connectivity index (χ2v) is 10.5. The Kier molecular flexibility index (Phi) is 5.99. The average Bonchev–Trinajstić information content (AvgIpc) is 3.32. The monoisotopic (exact) mass is 512 g/mol. The summed E-state index contributed by atoms with van der Waals surface area (Å²) in [4.78, 5) is 14.2. The number of carbonyl (C=O) groups is 1. The largest absolute Gasteiger partial charge is 0.465 e. The van der Waals surface area contributed by atoms with E-state index in [1.54, 1.807) is 0 Å². The van der Waals surface area contributed by atoms with Gasteiger partial charge in [0.1, 0.15) is 11.5 Å². The van der Waals surface area contributed by atoms with Gasteiger partial charge in [0.2, 0.25) is 0 Å². The van der Waals surface area contributed by atoms with Crippen LogP contribution in [-0.4, -0.2) is 36.9 Å². The average molecular weight is 513 g/mol.